The van der Waals surface area contributed by atoms with Gasteiger partial charge < -0.3 is 15.4 Å². The Labute approximate surface area is 156 Å². The van der Waals surface area contributed by atoms with E-state index in [0.717, 1.165) is 37.8 Å². The van der Waals surface area contributed by atoms with Crippen LogP contribution in [0.25, 0.3) is 0 Å². The molecule has 2 rings (SSSR count). The quantitative estimate of drug-likeness (QED) is 0.390. The fourth-order valence-electron chi connectivity index (χ4n) is 2.62. The summed E-state index contributed by atoms with van der Waals surface area (Å²) in [4.78, 5) is 4.60. The van der Waals surface area contributed by atoms with Crippen molar-refractivity contribution in [1.29, 1.82) is 0 Å². The second-order valence-corrected chi connectivity index (χ2v) is 6.35. The number of benzene rings is 1. The number of ether oxygens (including phenoxy) is 1. The third-order valence-corrected chi connectivity index (χ3v) is 3.91. The first-order valence-corrected chi connectivity index (χ1v) is 9.42. The van der Waals surface area contributed by atoms with Gasteiger partial charge in [0.1, 0.15) is 12.4 Å². The minimum absolute atomic E-state index is 0.452. The number of nitrogens with zero attached hydrogens (tertiary/aromatic N) is 3. The number of rotatable bonds is 10. The Morgan fingerprint density at radius 3 is 2.81 bits per heavy atom. The lowest BCUT2D eigenvalue weighted by Gasteiger charge is -2.15. The topological polar surface area (TPSA) is 63.5 Å². The molecule has 0 fully saturated rings. The van der Waals surface area contributed by atoms with Crippen molar-refractivity contribution in [1.82, 2.24) is 20.4 Å². The van der Waals surface area contributed by atoms with E-state index in [0.29, 0.717) is 19.1 Å². The van der Waals surface area contributed by atoms with Crippen molar-refractivity contribution in [3.05, 3.63) is 48.3 Å². The molecule has 1 aromatic heterocycles. The van der Waals surface area contributed by atoms with Gasteiger partial charge in [0.15, 0.2) is 5.96 Å². The van der Waals surface area contributed by atoms with Gasteiger partial charge in [-0.3, -0.25) is 9.67 Å². The maximum Gasteiger partial charge on any atom is 0.191 e. The zero-order valence-electron chi connectivity index (χ0n) is 16.1. The van der Waals surface area contributed by atoms with E-state index in [-0.39, 0.29) is 0 Å². The Hall–Kier alpha value is -2.50. The molecular formula is C20H31N5O. The van der Waals surface area contributed by atoms with Gasteiger partial charge in [-0.25, -0.2) is 0 Å². The van der Waals surface area contributed by atoms with Crippen molar-refractivity contribution in [2.75, 3.05) is 26.2 Å². The molecule has 0 aliphatic rings. The molecule has 0 amide bonds. The number of aryl methyl sites for hydroxylation is 1. The molecular weight excluding hydrogens is 326 g/mol. The molecule has 26 heavy (non-hydrogen) atoms. The molecule has 0 aliphatic heterocycles. The zero-order valence-corrected chi connectivity index (χ0v) is 16.1. The van der Waals surface area contributed by atoms with Crippen LogP contribution in [0.3, 0.4) is 0 Å². The number of nitrogens with one attached hydrogen (secondary N) is 2. The highest BCUT2D eigenvalue weighted by molar-refractivity contribution is 5.79. The minimum Gasteiger partial charge on any atom is -0.491 e. The Morgan fingerprint density at radius 1 is 1.23 bits per heavy atom. The number of hydrogen-bond acceptors (Lipinski definition) is 3. The highest BCUT2D eigenvalue weighted by atomic mass is 16.5. The molecule has 0 spiro atoms. The molecule has 0 aliphatic carbocycles. The van der Waals surface area contributed by atoms with Crippen LogP contribution in [0.1, 0.15) is 38.7 Å². The van der Waals surface area contributed by atoms with Crippen molar-refractivity contribution in [2.45, 2.75) is 39.7 Å². The highest BCUT2D eigenvalue weighted by Crippen LogP contribution is 2.25. The lowest BCUT2D eigenvalue weighted by atomic mass is 10.0. The molecule has 0 bridgehead atoms. The van der Waals surface area contributed by atoms with Crippen molar-refractivity contribution < 1.29 is 4.74 Å². The van der Waals surface area contributed by atoms with Gasteiger partial charge in [-0.15, -0.1) is 0 Å². The van der Waals surface area contributed by atoms with Crippen LogP contribution >= 0.6 is 0 Å². The molecule has 0 saturated carbocycles. The number of hydrogen-bond donors (Lipinski definition) is 2. The summed E-state index contributed by atoms with van der Waals surface area (Å²) in [5.41, 5.74) is 1.24. The normalized spacial score (nSPS) is 11.6. The standard InChI is InChI=1S/C20H31N5O/c1-4-21-20(22-11-7-14-25-15-8-12-24-25)23-13-16-26-19-10-6-5-9-18(19)17(2)3/h5-6,8-10,12,15,17H,4,7,11,13-14,16H2,1-3H3,(H2,21,22,23). The maximum atomic E-state index is 5.94. The van der Waals surface area contributed by atoms with Crippen LogP contribution in [-0.2, 0) is 6.54 Å². The predicted molar refractivity (Wildman–Crippen MR) is 107 cm³/mol. The Bertz CT molecular complexity index is 652. The largest absolute Gasteiger partial charge is 0.491 e. The molecule has 142 valence electrons. The molecule has 0 saturated heterocycles. The van der Waals surface area contributed by atoms with Crippen molar-refractivity contribution >= 4 is 5.96 Å². The molecule has 6 heteroatoms. The Kier molecular flexibility index (Phi) is 8.52. The van der Waals surface area contributed by atoms with Gasteiger partial charge in [0, 0.05) is 32.0 Å². The summed E-state index contributed by atoms with van der Waals surface area (Å²) in [7, 11) is 0. The molecule has 1 heterocycles. The molecule has 2 N–H and O–H groups in total. The van der Waals surface area contributed by atoms with Gasteiger partial charge in [0.05, 0.1) is 6.54 Å². The van der Waals surface area contributed by atoms with Crippen LogP contribution in [-0.4, -0.2) is 42.0 Å². The highest BCUT2D eigenvalue weighted by Gasteiger charge is 2.06. The van der Waals surface area contributed by atoms with Crippen LogP contribution in [0.15, 0.2) is 47.7 Å². The average molecular weight is 358 g/mol. The molecule has 0 radical (unpaired) electrons. The second kappa shape index (κ2) is 11.2. The van der Waals surface area contributed by atoms with Crippen LogP contribution in [0.4, 0.5) is 0 Å². The van der Waals surface area contributed by atoms with E-state index in [1.807, 2.05) is 29.1 Å². The maximum absolute atomic E-state index is 5.94. The van der Waals surface area contributed by atoms with Crippen molar-refractivity contribution in [2.24, 2.45) is 4.99 Å². The third kappa shape index (κ3) is 6.78. The smallest absolute Gasteiger partial charge is 0.191 e. The fourth-order valence-corrected chi connectivity index (χ4v) is 2.62. The summed E-state index contributed by atoms with van der Waals surface area (Å²) < 4.78 is 7.87. The first-order valence-electron chi connectivity index (χ1n) is 9.42. The van der Waals surface area contributed by atoms with E-state index in [2.05, 4.69) is 53.6 Å². The van der Waals surface area contributed by atoms with E-state index in [1.165, 1.54) is 5.56 Å². The van der Waals surface area contributed by atoms with E-state index in [1.54, 1.807) is 6.20 Å². The first kappa shape index (κ1) is 19.8. The van der Waals surface area contributed by atoms with Gasteiger partial charge in [-0.05, 0) is 37.0 Å². The summed E-state index contributed by atoms with van der Waals surface area (Å²) in [5.74, 6) is 2.24. The average Bonchev–Trinajstić information content (AvgIpc) is 3.16. The van der Waals surface area contributed by atoms with Crippen LogP contribution in [0.2, 0.25) is 0 Å². The summed E-state index contributed by atoms with van der Waals surface area (Å²) in [6.07, 6.45) is 4.72. The molecule has 6 nitrogen and oxygen atoms in total. The van der Waals surface area contributed by atoms with E-state index in [4.69, 9.17) is 4.74 Å². The lowest BCUT2D eigenvalue weighted by molar-refractivity contribution is 0.317. The van der Waals surface area contributed by atoms with E-state index in [9.17, 15) is 0 Å². The Morgan fingerprint density at radius 2 is 2.08 bits per heavy atom. The minimum atomic E-state index is 0.452. The third-order valence-electron chi connectivity index (χ3n) is 3.91. The fraction of sp³-hybridized carbons (Fsp3) is 0.500. The van der Waals surface area contributed by atoms with Gasteiger partial charge >= 0.3 is 0 Å². The van der Waals surface area contributed by atoms with E-state index < -0.39 is 0 Å². The van der Waals surface area contributed by atoms with Crippen LogP contribution < -0.4 is 15.4 Å². The van der Waals surface area contributed by atoms with Gasteiger partial charge in [0.2, 0.25) is 0 Å². The second-order valence-electron chi connectivity index (χ2n) is 6.35. The monoisotopic (exact) mass is 357 g/mol. The van der Waals surface area contributed by atoms with Gasteiger partial charge in [0.25, 0.3) is 0 Å². The molecule has 2 aromatic rings. The zero-order chi connectivity index (χ0) is 18.6. The van der Waals surface area contributed by atoms with Crippen LogP contribution in [0, 0.1) is 0 Å². The number of para-hydroxylation sites is 1. The number of aliphatic imine (C=N–C) groups is 1. The summed E-state index contributed by atoms with van der Waals surface area (Å²) >= 11 is 0. The van der Waals surface area contributed by atoms with Gasteiger partial charge in [-0.2, -0.15) is 5.10 Å². The predicted octanol–water partition coefficient (Wildman–Crippen LogP) is 3.03. The molecule has 0 unspecified atom stereocenters. The summed E-state index contributed by atoms with van der Waals surface area (Å²) in [5, 5.41) is 10.8. The van der Waals surface area contributed by atoms with Crippen molar-refractivity contribution in [3.8, 4) is 5.75 Å². The lowest BCUT2D eigenvalue weighted by Crippen LogP contribution is -2.39. The number of guanidine groups is 1. The van der Waals surface area contributed by atoms with Gasteiger partial charge in [-0.1, -0.05) is 32.0 Å². The molecule has 0 atom stereocenters. The Balaban J connectivity index is 1.73. The van der Waals surface area contributed by atoms with Crippen LogP contribution in [0.5, 0.6) is 5.75 Å². The molecule has 1 aromatic carbocycles. The summed E-state index contributed by atoms with van der Waals surface area (Å²) in [6.45, 7) is 10.2. The first-order chi connectivity index (χ1) is 12.7. The van der Waals surface area contributed by atoms with Crippen molar-refractivity contribution in [3.63, 3.8) is 0 Å². The SMILES string of the molecule is CCNC(=NCCCn1cccn1)NCCOc1ccccc1C(C)C. The summed E-state index contributed by atoms with van der Waals surface area (Å²) in [6, 6.07) is 10.2. The number of aromatic nitrogens is 2. The van der Waals surface area contributed by atoms with E-state index >= 15 is 0 Å².